The van der Waals surface area contributed by atoms with Crippen LogP contribution < -0.4 is 5.11 Å². The number of quaternary nitrogens is 1. The molecular weight excluding hydrogens is 442 g/mol. The summed E-state index contributed by atoms with van der Waals surface area (Å²) in [6.45, 7) is 0.863. The van der Waals surface area contributed by atoms with Gasteiger partial charge in [0.15, 0.2) is 0 Å². The molecule has 1 aromatic carbocycles. The first-order valence-corrected chi connectivity index (χ1v) is 13.6. The topological polar surface area (TPSA) is 75.7 Å². The van der Waals surface area contributed by atoms with Crippen molar-refractivity contribution in [2.75, 3.05) is 34.0 Å². The average molecular weight is 484 g/mol. The third-order valence-electron chi connectivity index (χ3n) is 9.38. The summed E-state index contributed by atoms with van der Waals surface area (Å²) in [5.41, 5.74) is -1.63. The van der Waals surface area contributed by atoms with Gasteiger partial charge in [0.25, 0.3) is 5.97 Å². The highest BCUT2D eigenvalue weighted by atomic mass is 16.6. The molecule has 0 heterocycles. The van der Waals surface area contributed by atoms with Crippen LogP contribution in [0.5, 0.6) is 0 Å². The number of hydrogen-bond acceptors (Lipinski definition) is 5. The lowest BCUT2D eigenvalue weighted by Crippen LogP contribution is -2.55. The van der Waals surface area contributed by atoms with Crippen LogP contribution in [-0.4, -0.2) is 50.4 Å². The molecule has 5 aliphatic carbocycles. The van der Waals surface area contributed by atoms with E-state index >= 15 is 0 Å². The van der Waals surface area contributed by atoms with Crippen molar-refractivity contribution < 1.29 is 28.7 Å². The molecule has 35 heavy (non-hydrogen) atoms. The Morgan fingerprint density at radius 3 is 2.11 bits per heavy atom. The summed E-state index contributed by atoms with van der Waals surface area (Å²) in [4.78, 5) is 26.3. The van der Waals surface area contributed by atoms with Gasteiger partial charge in [-0.15, -0.1) is 0 Å². The quantitative estimate of drug-likeness (QED) is 0.304. The molecule has 0 saturated heterocycles. The van der Waals surface area contributed by atoms with Crippen LogP contribution in [0.3, 0.4) is 0 Å². The molecule has 1 aromatic rings. The largest absolute Gasteiger partial charge is 0.837 e. The van der Waals surface area contributed by atoms with Crippen molar-refractivity contribution in [3.05, 3.63) is 35.9 Å². The number of likely N-dealkylation sites (N-methyl/N-ethyl adjacent to an activating group) is 1. The molecule has 6 rings (SSSR count). The minimum atomic E-state index is -1.86. The Kier molecular flexibility index (Phi) is 6.73. The highest BCUT2D eigenvalue weighted by Crippen LogP contribution is 2.60. The van der Waals surface area contributed by atoms with Crippen molar-refractivity contribution in [3.63, 3.8) is 0 Å². The van der Waals surface area contributed by atoms with Crippen molar-refractivity contribution in [2.45, 2.75) is 69.8 Å². The van der Waals surface area contributed by atoms with Crippen molar-refractivity contribution >= 4 is 11.9 Å². The van der Waals surface area contributed by atoms with Crippen LogP contribution in [0.1, 0.15) is 69.8 Å². The maximum Gasteiger partial charge on any atom is 0.316 e. The predicted molar refractivity (Wildman–Crippen MR) is 130 cm³/mol. The number of rotatable bonds is 9. The fourth-order valence-corrected chi connectivity index (χ4v) is 7.84. The summed E-state index contributed by atoms with van der Waals surface area (Å²) in [7, 11) is 3.94. The van der Waals surface area contributed by atoms with Gasteiger partial charge >= 0.3 is 5.97 Å². The summed E-state index contributed by atoms with van der Waals surface area (Å²) in [6.07, 6.45) is 10.4. The first-order valence-electron chi connectivity index (χ1n) is 13.6. The Hall–Kier alpha value is -1.92. The molecule has 0 aliphatic heterocycles. The van der Waals surface area contributed by atoms with Crippen LogP contribution in [-0.2, 0) is 24.7 Å². The molecule has 6 heteroatoms. The Bertz CT molecular complexity index is 887. The van der Waals surface area contributed by atoms with Crippen LogP contribution >= 0.6 is 0 Å². The fourth-order valence-electron chi connectivity index (χ4n) is 7.84. The molecule has 0 N–H and O–H groups in total. The standard InChI is InChI=1S/C29H41NO5/c1-30(2,20-35-26(31)28-17-21-14-22(18-28)16-23(15-21)19-28)12-13-34-27(32)29(33,25-10-6-7-11-25)24-8-4-3-5-9-24/h3-5,8-9,21-23,25H,6-7,10-20H2,1-2H3. The first kappa shape index (κ1) is 24.8. The molecular formula is C29H41NO5. The van der Waals surface area contributed by atoms with E-state index in [9.17, 15) is 14.7 Å². The molecule has 0 spiro atoms. The van der Waals surface area contributed by atoms with Gasteiger partial charge in [-0.2, -0.15) is 0 Å². The van der Waals surface area contributed by atoms with Gasteiger partial charge in [-0.25, -0.2) is 0 Å². The number of benzene rings is 1. The molecule has 1 atom stereocenters. The van der Waals surface area contributed by atoms with E-state index in [0.29, 0.717) is 34.3 Å². The SMILES string of the molecule is C[N+](C)(CCOC(=O)C([O-])(c1ccccc1)C1CCCC1)COC(=O)C12CC3CC(CC(C3)C1)C2. The third kappa shape index (κ3) is 4.89. The second-order valence-corrected chi connectivity index (χ2v) is 12.6. The second kappa shape index (κ2) is 9.51. The van der Waals surface area contributed by atoms with Crippen molar-refractivity contribution in [3.8, 4) is 0 Å². The Morgan fingerprint density at radius 1 is 0.971 bits per heavy atom. The number of carbonyl (C=O) groups excluding carboxylic acids is 2. The number of esters is 2. The third-order valence-corrected chi connectivity index (χ3v) is 9.38. The zero-order valence-corrected chi connectivity index (χ0v) is 21.4. The lowest BCUT2D eigenvalue weighted by atomic mass is 9.49. The van der Waals surface area contributed by atoms with E-state index < -0.39 is 11.6 Å². The van der Waals surface area contributed by atoms with Gasteiger partial charge in [-0.05, 0) is 67.8 Å². The Morgan fingerprint density at radius 2 is 1.54 bits per heavy atom. The number of carbonyl (C=O) groups is 2. The van der Waals surface area contributed by atoms with Gasteiger partial charge in [0.05, 0.1) is 19.5 Å². The zero-order valence-electron chi connectivity index (χ0n) is 21.4. The van der Waals surface area contributed by atoms with Gasteiger partial charge < -0.3 is 14.6 Å². The van der Waals surface area contributed by atoms with E-state index in [1.54, 1.807) is 12.1 Å². The summed E-state index contributed by atoms with van der Waals surface area (Å²) in [6, 6.07) is 8.96. The lowest BCUT2D eigenvalue weighted by molar-refractivity contribution is -0.907. The highest BCUT2D eigenvalue weighted by molar-refractivity contribution is 5.81. The summed E-state index contributed by atoms with van der Waals surface area (Å²) < 4.78 is 11.9. The molecule has 5 saturated carbocycles. The maximum atomic E-state index is 13.9. The monoisotopic (exact) mass is 483 g/mol. The smallest absolute Gasteiger partial charge is 0.316 e. The molecule has 6 nitrogen and oxygen atoms in total. The first-order chi connectivity index (χ1) is 16.7. The minimum absolute atomic E-state index is 0.0244. The van der Waals surface area contributed by atoms with Gasteiger partial charge in [-0.3, -0.25) is 14.1 Å². The Labute approximate surface area is 209 Å². The van der Waals surface area contributed by atoms with Crippen LogP contribution in [0, 0.1) is 29.1 Å². The van der Waals surface area contributed by atoms with Gasteiger partial charge in [0.1, 0.15) is 13.2 Å². The summed E-state index contributed by atoms with van der Waals surface area (Å²) >= 11 is 0. The average Bonchev–Trinajstić information content (AvgIpc) is 3.37. The van der Waals surface area contributed by atoms with Crippen LogP contribution in [0.25, 0.3) is 0 Å². The van der Waals surface area contributed by atoms with Crippen molar-refractivity contribution in [1.82, 2.24) is 0 Å². The molecule has 5 fully saturated rings. The normalized spacial score (nSPS) is 31.8. The zero-order chi connectivity index (χ0) is 24.7. The molecule has 0 aromatic heterocycles. The molecule has 5 aliphatic rings. The van der Waals surface area contributed by atoms with E-state index in [0.717, 1.165) is 44.9 Å². The number of nitrogens with zero attached hydrogens (tertiary/aromatic N) is 1. The second-order valence-electron chi connectivity index (χ2n) is 12.6. The van der Waals surface area contributed by atoms with Crippen LogP contribution in [0.2, 0.25) is 0 Å². The molecule has 1 unspecified atom stereocenters. The van der Waals surface area contributed by atoms with Gasteiger partial charge in [-0.1, -0.05) is 56.0 Å². The van der Waals surface area contributed by atoms with Crippen LogP contribution in [0.15, 0.2) is 30.3 Å². The number of ether oxygens (including phenoxy) is 2. The predicted octanol–water partition coefficient (Wildman–Crippen LogP) is 3.77. The summed E-state index contributed by atoms with van der Waals surface area (Å²) in [5.74, 6) is 1.17. The Balaban J connectivity index is 1.15. The lowest BCUT2D eigenvalue weighted by Gasteiger charge is -2.55. The van der Waals surface area contributed by atoms with E-state index in [1.807, 2.05) is 32.3 Å². The fraction of sp³-hybridized carbons (Fsp3) is 0.724. The van der Waals surface area contributed by atoms with Gasteiger partial charge in [0, 0.05) is 5.60 Å². The minimum Gasteiger partial charge on any atom is -0.837 e. The van der Waals surface area contributed by atoms with Crippen molar-refractivity contribution in [2.24, 2.45) is 29.1 Å². The van der Waals surface area contributed by atoms with Crippen LogP contribution in [0.4, 0.5) is 0 Å². The maximum absolute atomic E-state index is 13.9. The van der Waals surface area contributed by atoms with E-state index in [4.69, 9.17) is 9.47 Å². The summed E-state index contributed by atoms with van der Waals surface area (Å²) in [5, 5.41) is 13.9. The van der Waals surface area contributed by atoms with Crippen molar-refractivity contribution in [1.29, 1.82) is 0 Å². The molecule has 4 bridgehead atoms. The number of hydrogen-bond donors (Lipinski definition) is 0. The van der Waals surface area contributed by atoms with E-state index in [1.165, 1.54) is 19.3 Å². The van der Waals surface area contributed by atoms with Gasteiger partial charge in [0.2, 0.25) is 6.73 Å². The van der Waals surface area contributed by atoms with E-state index in [-0.39, 0.29) is 30.6 Å². The molecule has 192 valence electrons. The molecule has 0 amide bonds. The van der Waals surface area contributed by atoms with E-state index in [2.05, 4.69) is 0 Å². The highest BCUT2D eigenvalue weighted by Gasteiger charge is 2.55. The molecule has 0 radical (unpaired) electrons.